The molecule has 0 aliphatic carbocycles. The largest absolute Gasteiger partial charge is 0.368 e. The zero-order valence-corrected chi connectivity index (χ0v) is 13.9. The number of nitrogens with one attached hydrogen (secondary N) is 1. The Kier molecular flexibility index (Phi) is 7.09. The van der Waals surface area contributed by atoms with E-state index < -0.39 is 39.5 Å². The summed E-state index contributed by atoms with van der Waals surface area (Å²) < 4.78 is 22.1. The predicted octanol–water partition coefficient (Wildman–Crippen LogP) is -1.54. The minimum absolute atomic E-state index is 0.0810. The fourth-order valence-corrected chi connectivity index (χ4v) is 2.99. The summed E-state index contributed by atoms with van der Waals surface area (Å²) in [6.07, 6.45) is 1.82. The van der Waals surface area contributed by atoms with Crippen molar-refractivity contribution in [3.8, 4) is 0 Å². The molecule has 1 aromatic rings. The highest BCUT2D eigenvalue weighted by molar-refractivity contribution is 7.52. The molecule has 1 rings (SSSR count). The number of amides is 1. The Balaban J connectivity index is 2.88. The van der Waals surface area contributed by atoms with Crippen LogP contribution in [-0.2, 0) is 20.3 Å². The van der Waals surface area contributed by atoms with Crippen LogP contribution < -0.4 is 5.73 Å². The molecule has 13 heteroatoms. The zero-order valence-electron chi connectivity index (χ0n) is 12.1. The zero-order chi connectivity index (χ0) is 17.7. The van der Waals surface area contributed by atoms with Gasteiger partial charge in [0.25, 0.3) is 0 Å². The number of aromatic amines is 1. The topological polar surface area (TPSA) is 190 Å². The van der Waals surface area contributed by atoms with Crippen LogP contribution >= 0.6 is 15.2 Å². The number of H-pyrrole nitrogens is 1. The third-order valence-electron chi connectivity index (χ3n) is 3.09. The lowest BCUT2D eigenvalue weighted by molar-refractivity contribution is -0.123. The number of carbonyl (C=O) groups excluding carboxylic acids is 1. The van der Waals surface area contributed by atoms with Crippen LogP contribution in [0.5, 0.6) is 0 Å². The first kappa shape index (κ1) is 20.0. The first-order chi connectivity index (χ1) is 10.5. The molecule has 0 aliphatic heterocycles. The summed E-state index contributed by atoms with van der Waals surface area (Å²) in [6, 6.07) is -0.978. The van der Waals surface area contributed by atoms with Crippen LogP contribution in [0.4, 0.5) is 0 Å². The maximum Gasteiger partial charge on any atom is 0.326 e. The van der Waals surface area contributed by atoms with Gasteiger partial charge in [-0.3, -0.25) is 18.8 Å². The van der Waals surface area contributed by atoms with Crippen molar-refractivity contribution >= 4 is 21.1 Å². The summed E-state index contributed by atoms with van der Waals surface area (Å²) in [5, 5.41) is 0. The van der Waals surface area contributed by atoms with E-state index in [0.717, 1.165) is 0 Å². The van der Waals surface area contributed by atoms with Gasteiger partial charge in [-0.05, 0) is 0 Å². The molecule has 0 saturated heterocycles. The van der Waals surface area contributed by atoms with Gasteiger partial charge >= 0.3 is 15.2 Å². The van der Waals surface area contributed by atoms with Gasteiger partial charge in [0.05, 0.1) is 24.7 Å². The van der Waals surface area contributed by atoms with E-state index in [1.807, 2.05) is 0 Å². The normalized spacial score (nSPS) is 14.1. The van der Waals surface area contributed by atoms with Crippen LogP contribution in [0.15, 0.2) is 12.5 Å². The van der Waals surface area contributed by atoms with E-state index in [1.54, 1.807) is 0 Å². The molecule has 1 aromatic heterocycles. The van der Waals surface area contributed by atoms with Crippen LogP contribution in [0.25, 0.3) is 0 Å². The Hall–Kier alpha value is -1.06. The number of aromatic nitrogens is 2. The van der Waals surface area contributed by atoms with E-state index in [1.165, 1.54) is 17.4 Å². The fourth-order valence-electron chi connectivity index (χ4n) is 1.96. The monoisotopic (exact) mass is 370 g/mol. The Morgan fingerprint density at radius 3 is 2.09 bits per heavy atom. The van der Waals surface area contributed by atoms with Gasteiger partial charge in [0.1, 0.15) is 0 Å². The number of nitrogens with two attached hydrogens (primary N) is 1. The number of nitrogens with zero attached hydrogens (tertiary/aromatic N) is 2. The van der Waals surface area contributed by atoms with Gasteiger partial charge in [-0.2, -0.15) is 0 Å². The van der Waals surface area contributed by atoms with E-state index in [0.29, 0.717) is 5.69 Å². The third kappa shape index (κ3) is 8.38. The molecular weight excluding hydrogens is 350 g/mol. The van der Waals surface area contributed by atoms with Crippen molar-refractivity contribution < 1.29 is 33.5 Å². The van der Waals surface area contributed by atoms with Gasteiger partial charge in [-0.1, -0.05) is 0 Å². The molecule has 0 radical (unpaired) electrons. The number of rotatable bonds is 10. The lowest BCUT2D eigenvalue weighted by Gasteiger charge is -2.29. The van der Waals surface area contributed by atoms with Crippen molar-refractivity contribution in [2.24, 2.45) is 5.73 Å². The Morgan fingerprint density at radius 1 is 1.22 bits per heavy atom. The summed E-state index contributed by atoms with van der Waals surface area (Å²) in [5.41, 5.74) is 5.89. The second kappa shape index (κ2) is 8.16. The van der Waals surface area contributed by atoms with Gasteiger partial charge in [0.2, 0.25) is 5.91 Å². The third-order valence-corrected chi connectivity index (χ3v) is 4.66. The van der Waals surface area contributed by atoms with Crippen molar-refractivity contribution in [3.05, 3.63) is 18.2 Å². The number of primary amides is 1. The summed E-state index contributed by atoms with van der Waals surface area (Å²) >= 11 is 0. The molecule has 11 nitrogen and oxygen atoms in total. The van der Waals surface area contributed by atoms with E-state index in [4.69, 9.17) is 25.3 Å². The minimum atomic E-state index is -4.33. The van der Waals surface area contributed by atoms with E-state index in [2.05, 4.69) is 9.97 Å². The van der Waals surface area contributed by atoms with Gasteiger partial charge in [0.15, 0.2) is 0 Å². The molecule has 0 saturated carbocycles. The average Bonchev–Trinajstić information content (AvgIpc) is 2.87. The predicted molar refractivity (Wildman–Crippen MR) is 80.7 cm³/mol. The Labute approximate surface area is 132 Å². The quantitative estimate of drug-likeness (QED) is 0.265. The average molecular weight is 370 g/mol. The fraction of sp³-hybridized carbons (Fsp3) is 0.600. The van der Waals surface area contributed by atoms with Crippen LogP contribution in [-0.4, -0.2) is 71.8 Å². The molecule has 0 aromatic carbocycles. The van der Waals surface area contributed by atoms with E-state index >= 15 is 0 Å². The molecule has 0 bridgehead atoms. The molecule has 7 N–H and O–H groups in total. The van der Waals surface area contributed by atoms with Gasteiger partial charge in [0, 0.05) is 31.4 Å². The molecular formula is C10H20N4O7P2. The molecule has 0 fully saturated rings. The summed E-state index contributed by atoms with van der Waals surface area (Å²) in [5.74, 6) is -0.768. The first-order valence-corrected chi connectivity index (χ1v) is 10.2. The van der Waals surface area contributed by atoms with E-state index in [9.17, 15) is 13.9 Å². The van der Waals surface area contributed by atoms with Gasteiger partial charge < -0.3 is 30.3 Å². The molecule has 1 unspecified atom stereocenters. The molecule has 1 heterocycles. The van der Waals surface area contributed by atoms with Gasteiger partial charge in [-0.15, -0.1) is 0 Å². The van der Waals surface area contributed by atoms with Crippen LogP contribution in [0.2, 0.25) is 0 Å². The Bertz CT molecular complexity index is 570. The number of carbonyl (C=O) groups is 1. The van der Waals surface area contributed by atoms with E-state index in [-0.39, 0.29) is 19.5 Å². The standard InChI is InChI=1S/C10H20N4O7P2/c11-10(15)9(5-8-6-12-7-13-8)14(1-3-22(16,17)18)2-4-23(19,20)21/h6-7,9H,1-5H2,(H2,11,15)(H,12,13)(H2,16,17,18)(H2,19,20,21). The lowest BCUT2D eigenvalue weighted by Crippen LogP contribution is -2.48. The summed E-state index contributed by atoms with van der Waals surface area (Å²) in [4.78, 5) is 55.4. The minimum Gasteiger partial charge on any atom is -0.368 e. The number of imidazole rings is 1. The van der Waals surface area contributed by atoms with Crippen molar-refractivity contribution in [2.75, 3.05) is 25.4 Å². The SMILES string of the molecule is NC(=O)C(Cc1cnc[nH]1)N(CCP(=O)(O)O)CCP(=O)(O)O. The van der Waals surface area contributed by atoms with Crippen LogP contribution in [0, 0.1) is 0 Å². The molecule has 1 amide bonds. The first-order valence-electron chi connectivity index (χ1n) is 6.58. The maximum atomic E-state index is 11.7. The second-order valence-electron chi connectivity index (χ2n) is 5.01. The summed E-state index contributed by atoms with van der Waals surface area (Å²) in [6.45, 7) is -0.460. The van der Waals surface area contributed by atoms with Gasteiger partial charge in [-0.25, -0.2) is 4.98 Å². The van der Waals surface area contributed by atoms with Crippen LogP contribution in [0.3, 0.4) is 0 Å². The van der Waals surface area contributed by atoms with Crippen molar-refractivity contribution in [1.82, 2.24) is 14.9 Å². The van der Waals surface area contributed by atoms with Crippen molar-refractivity contribution in [3.63, 3.8) is 0 Å². The molecule has 23 heavy (non-hydrogen) atoms. The molecule has 0 aliphatic rings. The number of hydrogen-bond acceptors (Lipinski definition) is 5. The maximum absolute atomic E-state index is 11.7. The highest BCUT2D eigenvalue weighted by Crippen LogP contribution is 2.36. The van der Waals surface area contributed by atoms with Crippen LogP contribution in [0.1, 0.15) is 5.69 Å². The molecule has 0 spiro atoms. The van der Waals surface area contributed by atoms with Crippen molar-refractivity contribution in [1.29, 1.82) is 0 Å². The molecule has 132 valence electrons. The Morgan fingerprint density at radius 2 is 1.74 bits per heavy atom. The highest BCUT2D eigenvalue weighted by Gasteiger charge is 2.28. The highest BCUT2D eigenvalue weighted by atomic mass is 31.2. The molecule has 1 atom stereocenters. The lowest BCUT2D eigenvalue weighted by atomic mass is 10.1. The smallest absolute Gasteiger partial charge is 0.326 e. The van der Waals surface area contributed by atoms with Crippen molar-refractivity contribution in [2.45, 2.75) is 12.5 Å². The number of hydrogen-bond donors (Lipinski definition) is 6. The summed E-state index contributed by atoms with van der Waals surface area (Å²) in [7, 11) is -8.66. The second-order valence-corrected chi connectivity index (χ2v) is 8.56.